The maximum absolute atomic E-state index is 6.39. The summed E-state index contributed by atoms with van der Waals surface area (Å²) in [5, 5.41) is 4.38. The molecule has 0 spiro atoms. The van der Waals surface area contributed by atoms with Crippen molar-refractivity contribution in [3.05, 3.63) is 46.2 Å². The van der Waals surface area contributed by atoms with E-state index >= 15 is 0 Å². The molecule has 19 heavy (non-hydrogen) atoms. The molecule has 2 N–H and O–H groups in total. The zero-order valence-electron chi connectivity index (χ0n) is 11.3. The highest BCUT2D eigenvalue weighted by Crippen LogP contribution is 2.29. The molecule has 0 aliphatic carbocycles. The van der Waals surface area contributed by atoms with Gasteiger partial charge >= 0.3 is 0 Å². The molecule has 0 aliphatic rings. The lowest BCUT2D eigenvalue weighted by Gasteiger charge is -2.18. The van der Waals surface area contributed by atoms with Gasteiger partial charge in [0.15, 0.2) is 0 Å². The van der Waals surface area contributed by atoms with Gasteiger partial charge in [0.05, 0.1) is 22.4 Å². The maximum Gasteiger partial charge on any atom is 0.0741 e. The zero-order valence-corrected chi connectivity index (χ0v) is 13.7. The van der Waals surface area contributed by atoms with Gasteiger partial charge < -0.3 is 5.73 Å². The molecule has 0 radical (unpaired) electrons. The first-order chi connectivity index (χ1) is 9.04. The van der Waals surface area contributed by atoms with E-state index in [1.165, 1.54) is 4.90 Å². The Morgan fingerprint density at radius 1 is 1.26 bits per heavy atom. The number of halogens is 1. The van der Waals surface area contributed by atoms with Crippen LogP contribution in [-0.4, -0.2) is 16.0 Å². The summed E-state index contributed by atoms with van der Waals surface area (Å²) in [6.45, 7) is 4.21. The van der Waals surface area contributed by atoms with Gasteiger partial charge in [-0.2, -0.15) is 5.10 Å². The fourth-order valence-electron chi connectivity index (χ4n) is 2.02. The SMILES string of the molecule is CSc1ccc(C(N)c2c(Br)cnn2C(C)C)cc1. The monoisotopic (exact) mass is 339 g/mol. The van der Waals surface area contributed by atoms with Crippen molar-refractivity contribution in [3.63, 3.8) is 0 Å². The summed E-state index contributed by atoms with van der Waals surface area (Å²) in [4.78, 5) is 1.24. The Labute approximate surface area is 126 Å². The van der Waals surface area contributed by atoms with Gasteiger partial charge in [-0.3, -0.25) is 4.68 Å². The number of hydrogen-bond acceptors (Lipinski definition) is 3. The summed E-state index contributed by atoms with van der Waals surface area (Å²) in [5.74, 6) is 0. The van der Waals surface area contributed by atoms with Crippen molar-refractivity contribution in [1.82, 2.24) is 9.78 Å². The zero-order chi connectivity index (χ0) is 14.0. The van der Waals surface area contributed by atoms with Crippen LogP contribution in [0.1, 0.15) is 37.2 Å². The van der Waals surface area contributed by atoms with Gasteiger partial charge in [0.25, 0.3) is 0 Å². The van der Waals surface area contributed by atoms with E-state index in [1.54, 1.807) is 11.8 Å². The van der Waals surface area contributed by atoms with E-state index in [-0.39, 0.29) is 12.1 Å². The Bertz CT molecular complexity index is 548. The second-order valence-corrected chi connectivity index (χ2v) is 6.40. The largest absolute Gasteiger partial charge is 0.319 e. The van der Waals surface area contributed by atoms with Crippen molar-refractivity contribution in [2.45, 2.75) is 30.8 Å². The number of rotatable bonds is 4. The molecule has 0 amide bonds. The number of hydrogen-bond donors (Lipinski definition) is 1. The van der Waals surface area contributed by atoms with Gasteiger partial charge in [-0.25, -0.2) is 0 Å². The lowest BCUT2D eigenvalue weighted by molar-refractivity contribution is 0.498. The molecular formula is C14H18BrN3S. The van der Waals surface area contributed by atoms with Crippen molar-refractivity contribution < 1.29 is 0 Å². The molecule has 0 saturated heterocycles. The topological polar surface area (TPSA) is 43.8 Å². The third-order valence-electron chi connectivity index (χ3n) is 3.05. The molecule has 1 atom stereocenters. The third kappa shape index (κ3) is 3.04. The predicted octanol–water partition coefficient (Wildman–Crippen LogP) is 4.00. The van der Waals surface area contributed by atoms with Crippen LogP contribution in [-0.2, 0) is 0 Å². The van der Waals surface area contributed by atoms with Crippen LogP contribution < -0.4 is 5.73 Å². The molecule has 0 fully saturated rings. The second kappa shape index (κ2) is 6.11. The smallest absolute Gasteiger partial charge is 0.0741 e. The number of benzene rings is 1. The number of nitrogens with zero attached hydrogens (tertiary/aromatic N) is 2. The summed E-state index contributed by atoms with van der Waals surface area (Å²) in [5.41, 5.74) is 8.51. The van der Waals surface area contributed by atoms with Crippen LogP contribution in [0.15, 0.2) is 39.8 Å². The minimum atomic E-state index is -0.171. The molecule has 1 aromatic heterocycles. The Balaban J connectivity index is 2.37. The summed E-state index contributed by atoms with van der Waals surface area (Å²) < 4.78 is 2.93. The van der Waals surface area contributed by atoms with E-state index in [0.717, 1.165) is 15.7 Å². The number of thioether (sulfide) groups is 1. The Morgan fingerprint density at radius 3 is 2.42 bits per heavy atom. The van der Waals surface area contributed by atoms with Crippen LogP contribution in [0.3, 0.4) is 0 Å². The maximum atomic E-state index is 6.39. The molecule has 3 nitrogen and oxygen atoms in total. The van der Waals surface area contributed by atoms with Crippen LogP contribution in [0.4, 0.5) is 0 Å². The summed E-state index contributed by atoms with van der Waals surface area (Å²) in [7, 11) is 0. The van der Waals surface area contributed by atoms with Crippen LogP contribution >= 0.6 is 27.7 Å². The second-order valence-electron chi connectivity index (χ2n) is 4.67. The van der Waals surface area contributed by atoms with E-state index in [1.807, 2.05) is 10.9 Å². The Morgan fingerprint density at radius 2 is 1.89 bits per heavy atom. The van der Waals surface area contributed by atoms with E-state index in [4.69, 9.17) is 5.73 Å². The predicted molar refractivity (Wildman–Crippen MR) is 84.6 cm³/mol. The van der Waals surface area contributed by atoms with Crippen molar-refractivity contribution in [2.24, 2.45) is 5.73 Å². The fraction of sp³-hybridized carbons (Fsp3) is 0.357. The highest BCUT2D eigenvalue weighted by Gasteiger charge is 2.19. The normalized spacial score (nSPS) is 12.9. The van der Waals surface area contributed by atoms with Crippen LogP contribution in [0.2, 0.25) is 0 Å². The number of aromatic nitrogens is 2. The molecule has 0 bridgehead atoms. The molecule has 0 aliphatic heterocycles. The molecule has 2 aromatic rings. The third-order valence-corrected chi connectivity index (χ3v) is 4.40. The van der Waals surface area contributed by atoms with Crippen molar-refractivity contribution in [3.8, 4) is 0 Å². The average molecular weight is 340 g/mol. The summed E-state index contributed by atoms with van der Waals surface area (Å²) in [6.07, 6.45) is 3.88. The fourth-order valence-corrected chi connectivity index (χ4v) is 2.95. The van der Waals surface area contributed by atoms with Gasteiger partial charge in [0.1, 0.15) is 0 Å². The molecule has 5 heteroatoms. The quantitative estimate of drug-likeness (QED) is 0.856. The number of nitrogens with two attached hydrogens (primary N) is 1. The molecule has 102 valence electrons. The molecule has 1 aromatic carbocycles. The Hall–Kier alpha value is -0.780. The first kappa shape index (κ1) is 14.6. The first-order valence-corrected chi connectivity index (χ1v) is 8.18. The highest BCUT2D eigenvalue weighted by atomic mass is 79.9. The van der Waals surface area contributed by atoms with E-state index < -0.39 is 0 Å². The van der Waals surface area contributed by atoms with Crippen molar-refractivity contribution in [1.29, 1.82) is 0 Å². The van der Waals surface area contributed by atoms with E-state index in [2.05, 4.69) is 65.4 Å². The lowest BCUT2D eigenvalue weighted by atomic mass is 10.0. The van der Waals surface area contributed by atoms with Crippen molar-refractivity contribution >= 4 is 27.7 Å². The minimum absolute atomic E-state index is 0.171. The average Bonchev–Trinajstić information content (AvgIpc) is 2.80. The molecule has 1 unspecified atom stereocenters. The summed E-state index contributed by atoms with van der Waals surface area (Å²) in [6, 6.07) is 8.49. The molecule has 1 heterocycles. The van der Waals surface area contributed by atoms with Crippen LogP contribution in [0, 0.1) is 0 Å². The van der Waals surface area contributed by atoms with Gasteiger partial charge in [0, 0.05) is 10.9 Å². The highest BCUT2D eigenvalue weighted by molar-refractivity contribution is 9.10. The van der Waals surface area contributed by atoms with Crippen LogP contribution in [0.5, 0.6) is 0 Å². The van der Waals surface area contributed by atoms with Gasteiger partial charge in [-0.15, -0.1) is 11.8 Å². The van der Waals surface area contributed by atoms with Gasteiger partial charge in [-0.05, 0) is 53.7 Å². The minimum Gasteiger partial charge on any atom is -0.319 e. The van der Waals surface area contributed by atoms with Gasteiger partial charge in [0.2, 0.25) is 0 Å². The Kier molecular flexibility index (Phi) is 4.71. The van der Waals surface area contributed by atoms with E-state index in [0.29, 0.717) is 0 Å². The van der Waals surface area contributed by atoms with Gasteiger partial charge in [-0.1, -0.05) is 12.1 Å². The first-order valence-electron chi connectivity index (χ1n) is 6.17. The van der Waals surface area contributed by atoms with E-state index in [9.17, 15) is 0 Å². The summed E-state index contributed by atoms with van der Waals surface area (Å²) >= 11 is 5.27. The standard InChI is InChI=1S/C14H18BrN3S/c1-9(2)18-14(12(15)8-17-18)13(16)10-4-6-11(19-3)7-5-10/h4-9,13H,16H2,1-3H3. The molecule has 2 rings (SSSR count). The van der Waals surface area contributed by atoms with Crippen LogP contribution in [0.25, 0.3) is 0 Å². The molecular weight excluding hydrogens is 322 g/mol. The van der Waals surface area contributed by atoms with Crippen molar-refractivity contribution in [2.75, 3.05) is 6.26 Å². The molecule has 0 saturated carbocycles. The lowest BCUT2D eigenvalue weighted by Crippen LogP contribution is -2.19.